The maximum atomic E-state index is 11.8. The summed E-state index contributed by atoms with van der Waals surface area (Å²) in [6, 6.07) is 18.9. The summed E-state index contributed by atoms with van der Waals surface area (Å²) in [6.07, 6.45) is 0. The number of rotatable bonds is 4. The van der Waals surface area contributed by atoms with E-state index in [1.54, 1.807) is 24.3 Å². The summed E-state index contributed by atoms with van der Waals surface area (Å²) < 4.78 is 5.90. The fourth-order valence-corrected chi connectivity index (χ4v) is 2.46. The third kappa shape index (κ3) is 3.42. The highest BCUT2D eigenvalue weighted by Gasteiger charge is 2.10. The molecule has 0 saturated heterocycles. The van der Waals surface area contributed by atoms with Crippen LogP contribution in [-0.2, 0) is 6.61 Å². The highest BCUT2D eigenvalue weighted by molar-refractivity contribution is 7.71. The highest BCUT2D eigenvalue weighted by atomic mass is 32.1. The Bertz CT molecular complexity index is 999. The first-order chi connectivity index (χ1) is 11.7. The van der Waals surface area contributed by atoms with Crippen LogP contribution < -0.4 is 10.3 Å². The minimum Gasteiger partial charge on any atom is -0.489 e. The lowest BCUT2D eigenvalue weighted by Crippen LogP contribution is -2.13. The van der Waals surface area contributed by atoms with Gasteiger partial charge in [0.1, 0.15) is 24.0 Å². The lowest BCUT2D eigenvalue weighted by Gasteiger charge is -2.08. The van der Waals surface area contributed by atoms with E-state index in [0.29, 0.717) is 23.6 Å². The summed E-state index contributed by atoms with van der Waals surface area (Å²) in [5.41, 5.74) is 1.67. The molecule has 118 valence electrons. The molecule has 0 fully saturated rings. The lowest BCUT2D eigenvalue weighted by atomic mass is 10.1. The summed E-state index contributed by atoms with van der Waals surface area (Å²) in [6.45, 7) is 0.469. The second-order valence-corrected chi connectivity index (χ2v) is 5.48. The number of hydrogen-bond acceptors (Lipinski definition) is 4. The average molecular weight is 335 g/mol. The van der Waals surface area contributed by atoms with Crippen molar-refractivity contribution in [3.63, 3.8) is 0 Å². The van der Waals surface area contributed by atoms with Gasteiger partial charge in [-0.1, -0.05) is 30.3 Å². The van der Waals surface area contributed by atoms with Crippen LogP contribution in [0.25, 0.3) is 11.3 Å². The number of ether oxygens (including phenoxy) is 1. The molecule has 0 saturated carbocycles. The molecule has 0 aliphatic carbocycles. The van der Waals surface area contributed by atoms with E-state index in [9.17, 15) is 4.79 Å². The van der Waals surface area contributed by atoms with Crippen molar-refractivity contribution in [1.29, 1.82) is 5.26 Å². The molecule has 2 N–H and O–H groups in total. The third-order valence-electron chi connectivity index (χ3n) is 3.45. The van der Waals surface area contributed by atoms with Crippen molar-refractivity contribution in [2.75, 3.05) is 0 Å². The molecular weight excluding hydrogens is 322 g/mol. The van der Waals surface area contributed by atoms with Crippen molar-refractivity contribution in [3.8, 4) is 23.1 Å². The van der Waals surface area contributed by atoms with E-state index in [2.05, 4.69) is 9.97 Å². The molecule has 0 unspecified atom stereocenters. The zero-order valence-corrected chi connectivity index (χ0v) is 13.4. The summed E-state index contributed by atoms with van der Waals surface area (Å²) in [5.74, 6) is 0.699. The van der Waals surface area contributed by atoms with E-state index in [4.69, 9.17) is 22.2 Å². The van der Waals surface area contributed by atoms with Crippen LogP contribution in [0.3, 0.4) is 0 Å². The van der Waals surface area contributed by atoms with Gasteiger partial charge in [0.2, 0.25) is 0 Å². The van der Waals surface area contributed by atoms with Crippen molar-refractivity contribution in [1.82, 2.24) is 9.97 Å². The topological polar surface area (TPSA) is 81.7 Å². The van der Waals surface area contributed by atoms with E-state index < -0.39 is 5.56 Å². The van der Waals surface area contributed by atoms with Crippen molar-refractivity contribution in [2.45, 2.75) is 6.61 Å². The van der Waals surface area contributed by atoms with E-state index in [-0.39, 0.29) is 10.3 Å². The van der Waals surface area contributed by atoms with E-state index in [1.165, 1.54) is 0 Å². The molecule has 3 rings (SSSR count). The predicted octanol–water partition coefficient (Wildman–Crippen LogP) is 3.55. The molecule has 24 heavy (non-hydrogen) atoms. The number of nitrogens with one attached hydrogen (secondary N) is 2. The van der Waals surface area contributed by atoms with Gasteiger partial charge in [-0.2, -0.15) is 5.26 Å². The number of nitriles is 1. The molecule has 1 aromatic heterocycles. The first-order valence-electron chi connectivity index (χ1n) is 7.21. The van der Waals surface area contributed by atoms with Crippen LogP contribution in [0.5, 0.6) is 5.75 Å². The Labute approximate surface area is 143 Å². The second kappa shape index (κ2) is 6.94. The van der Waals surface area contributed by atoms with Gasteiger partial charge in [0.05, 0.1) is 5.69 Å². The van der Waals surface area contributed by atoms with Gasteiger partial charge in [-0.05, 0) is 47.6 Å². The second-order valence-electron chi connectivity index (χ2n) is 5.07. The average Bonchev–Trinajstić information content (AvgIpc) is 2.61. The number of aromatic nitrogens is 2. The predicted molar refractivity (Wildman–Crippen MR) is 93.2 cm³/mol. The van der Waals surface area contributed by atoms with Crippen LogP contribution in [0.2, 0.25) is 0 Å². The standard InChI is InChI=1S/C18H13N3O2S/c19-10-15-16(20-18(24)21-17(15)22)13-6-8-14(9-7-13)23-11-12-4-2-1-3-5-12/h1-9H,11H2,(H2,20,21,22,24). The quantitative estimate of drug-likeness (QED) is 0.714. The fraction of sp³-hybridized carbons (Fsp3) is 0.0556. The van der Waals surface area contributed by atoms with Gasteiger partial charge in [0.25, 0.3) is 5.56 Å². The van der Waals surface area contributed by atoms with Crippen molar-refractivity contribution in [2.24, 2.45) is 0 Å². The van der Waals surface area contributed by atoms with E-state index in [1.807, 2.05) is 36.4 Å². The maximum Gasteiger partial charge on any atom is 0.270 e. The van der Waals surface area contributed by atoms with Crippen LogP contribution in [0.15, 0.2) is 59.4 Å². The Kier molecular flexibility index (Phi) is 4.54. The largest absolute Gasteiger partial charge is 0.489 e. The summed E-state index contributed by atoms with van der Waals surface area (Å²) in [7, 11) is 0. The molecule has 0 amide bonds. The SMILES string of the molecule is N#Cc1c(-c2ccc(OCc3ccccc3)cc2)[nH]c(=S)[nH]c1=O. The van der Waals surface area contributed by atoms with E-state index in [0.717, 1.165) is 5.56 Å². The monoisotopic (exact) mass is 335 g/mol. The molecule has 0 aliphatic rings. The van der Waals surface area contributed by atoms with Gasteiger partial charge < -0.3 is 9.72 Å². The molecule has 0 atom stereocenters. The first-order valence-corrected chi connectivity index (χ1v) is 7.62. The molecule has 6 heteroatoms. The first kappa shape index (κ1) is 15.7. The zero-order valence-electron chi connectivity index (χ0n) is 12.6. The van der Waals surface area contributed by atoms with Crippen LogP contribution in [-0.4, -0.2) is 9.97 Å². The van der Waals surface area contributed by atoms with Crippen LogP contribution in [0.4, 0.5) is 0 Å². The Balaban J connectivity index is 1.84. The normalized spacial score (nSPS) is 10.1. The Morgan fingerprint density at radius 3 is 2.42 bits per heavy atom. The van der Waals surface area contributed by atoms with Gasteiger partial charge in [-0.25, -0.2) is 0 Å². The van der Waals surface area contributed by atoms with Gasteiger partial charge in [0.15, 0.2) is 4.77 Å². The number of hydrogen-bond donors (Lipinski definition) is 2. The van der Waals surface area contributed by atoms with Gasteiger partial charge in [-0.3, -0.25) is 9.78 Å². The molecule has 1 heterocycles. The molecule has 2 aromatic carbocycles. The molecule has 0 spiro atoms. The summed E-state index contributed by atoms with van der Waals surface area (Å²) in [5, 5.41) is 9.17. The summed E-state index contributed by atoms with van der Waals surface area (Å²) >= 11 is 4.97. The van der Waals surface area contributed by atoms with Gasteiger partial charge in [-0.15, -0.1) is 0 Å². The number of nitrogens with zero attached hydrogens (tertiary/aromatic N) is 1. The zero-order chi connectivity index (χ0) is 16.9. The molecular formula is C18H13N3O2S. The number of aromatic amines is 2. The van der Waals surface area contributed by atoms with Crippen LogP contribution in [0, 0.1) is 16.1 Å². The minimum absolute atomic E-state index is 0.00144. The smallest absolute Gasteiger partial charge is 0.270 e. The van der Waals surface area contributed by atoms with E-state index >= 15 is 0 Å². The molecule has 0 bridgehead atoms. The third-order valence-corrected chi connectivity index (χ3v) is 3.65. The van der Waals surface area contributed by atoms with Crippen LogP contribution in [0.1, 0.15) is 11.1 Å². The molecule has 5 nitrogen and oxygen atoms in total. The minimum atomic E-state index is -0.499. The highest BCUT2D eigenvalue weighted by Crippen LogP contribution is 2.22. The number of benzene rings is 2. The molecule has 0 radical (unpaired) electrons. The van der Waals surface area contributed by atoms with Crippen molar-refractivity contribution < 1.29 is 4.74 Å². The van der Waals surface area contributed by atoms with Crippen molar-refractivity contribution >= 4 is 12.2 Å². The molecule has 0 aliphatic heterocycles. The fourth-order valence-electron chi connectivity index (χ4n) is 2.27. The Morgan fingerprint density at radius 2 is 1.75 bits per heavy atom. The maximum absolute atomic E-state index is 11.8. The Hall–Kier alpha value is -3.17. The van der Waals surface area contributed by atoms with Crippen LogP contribution >= 0.6 is 12.2 Å². The van der Waals surface area contributed by atoms with Gasteiger partial charge in [0, 0.05) is 0 Å². The lowest BCUT2D eigenvalue weighted by molar-refractivity contribution is 0.306. The number of H-pyrrole nitrogens is 2. The summed E-state index contributed by atoms with van der Waals surface area (Å²) in [4.78, 5) is 17.1. The Morgan fingerprint density at radius 1 is 1.04 bits per heavy atom. The molecule has 3 aromatic rings. The van der Waals surface area contributed by atoms with Crippen molar-refractivity contribution in [3.05, 3.63) is 80.8 Å². The van der Waals surface area contributed by atoms with Gasteiger partial charge >= 0.3 is 0 Å².